The number of nitrogens with zero attached hydrogens (tertiary/aromatic N) is 2. The fraction of sp³-hybridized carbons (Fsp3) is 0.474. The average molecular weight is 391 g/mol. The van der Waals surface area contributed by atoms with Crippen molar-refractivity contribution < 1.29 is 17.7 Å². The third-order valence-corrected chi connectivity index (χ3v) is 6.51. The summed E-state index contributed by atoms with van der Waals surface area (Å²) in [6.07, 6.45) is 3.80. The van der Waals surface area contributed by atoms with E-state index in [0.717, 1.165) is 36.9 Å². The fourth-order valence-electron chi connectivity index (χ4n) is 3.38. The van der Waals surface area contributed by atoms with E-state index in [2.05, 4.69) is 9.88 Å². The van der Waals surface area contributed by atoms with Gasteiger partial charge < -0.3 is 9.42 Å². The number of rotatable bonds is 6. The Balaban J connectivity index is 1.76. The minimum absolute atomic E-state index is 0.0171. The lowest BCUT2D eigenvalue weighted by Crippen LogP contribution is -2.33. The summed E-state index contributed by atoms with van der Waals surface area (Å²) < 4.78 is 33.1. The van der Waals surface area contributed by atoms with E-state index in [4.69, 9.17) is 4.52 Å². The van der Waals surface area contributed by atoms with Gasteiger partial charge in [0.1, 0.15) is 5.76 Å². The second kappa shape index (κ2) is 7.82. The number of hydrogen-bond acceptors (Lipinski definition) is 5. The standard InChI is InChI=1S/C19H25N3O4S/c1-13-18(14(2)26-20-13)12-22(3)19(23)15-7-6-10-17(11-15)27(24,25)21-16-8-4-5-9-16/h6-7,10-11,16,21H,4-5,8-9,12H2,1-3H3. The molecule has 1 aromatic heterocycles. The van der Waals surface area contributed by atoms with Crippen molar-refractivity contribution in [1.82, 2.24) is 14.8 Å². The monoisotopic (exact) mass is 391 g/mol. The van der Waals surface area contributed by atoms with Crippen molar-refractivity contribution >= 4 is 15.9 Å². The van der Waals surface area contributed by atoms with Crippen LogP contribution in [-0.4, -0.2) is 37.5 Å². The van der Waals surface area contributed by atoms with E-state index in [0.29, 0.717) is 17.9 Å². The van der Waals surface area contributed by atoms with Gasteiger partial charge in [-0.15, -0.1) is 0 Å². The molecule has 1 fully saturated rings. The number of sulfonamides is 1. The number of aromatic nitrogens is 1. The zero-order valence-electron chi connectivity index (χ0n) is 15.9. The van der Waals surface area contributed by atoms with E-state index in [1.165, 1.54) is 17.0 Å². The number of hydrogen-bond donors (Lipinski definition) is 1. The van der Waals surface area contributed by atoms with Gasteiger partial charge in [-0.2, -0.15) is 0 Å². The molecule has 7 nitrogen and oxygen atoms in total. The van der Waals surface area contributed by atoms with Gasteiger partial charge >= 0.3 is 0 Å². The first-order chi connectivity index (χ1) is 12.8. The highest BCUT2D eigenvalue weighted by molar-refractivity contribution is 7.89. The molecule has 1 saturated carbocycles. The van der Waals surface area contributed by atoms with E-state index in [-0.39, 0.29) is 16.8 Å². The van der Waals surface area contributed by atoms with Gasteiger partial charge in [0.25, 0.3) is 5.91 Å². The van der Waals surface area contributed by atoms with E-state index in [1.807, 2.05) is 6.92 Å². The molecule has 0 radical (unpaired) electrons. The van der Waals surface area contributed by atoms with E-state index in [1.54, 1.807) is 26.1 Å². The molecule has 0 spiro atoms. The van der Waals surface area contributed by atoms with Gasteiger partial charge in [0.2, 0.25) is 10.0 Å². The second-order valence-electron chi connectivity index (χ2n) is 7.09. The van der Waals surface area contributed by atoms with Crippen LogP contribution in [0.4, 0.5) is 0 Å². The molecule has 1 N–H and O–H groups in total. The molecule has 146 valence electrons. The quantitative estimate of drug-likeness (QED) is 0.817. The van der Waals surface area contributed by atoms with Gasteiger partial charge in [-0.3, -0.25) is 4.79 Å². The van der Waals surface area contributed by atoms with Gasteiger partial charge in [-0.05, 0) is 44.9 Å². The van der Waals surface area contributed by atoms with Crippen LogP contribution >= 0.6 is 0 Å². The molecule has 1 heterocycles. The lowest BCUT2D eigenvalue weighted by molar-refractivity contribution is 0.0784. The van der Waals surface area contributed by atoms with Gasteiger partial charge in [0, 0.05) is 24.2 Å². The normalized spacial score (nSPS) is 15.2. The maximum absolute atomic E-state index is 12.8. The number of amides is 1. The summed E-state index contributed by atoms with van der Waals surface area (Å²) in [6, 6.07) is 6.16. The van der Waals surface area contributed by atoms with Gasteiger partial charge in [-0.1, -0.05) is 24.1 Å². The van der Waals surface area contributed by atoms with Crippen LogP contribution in [0.15, 0.2) is 33.7 Å². The zero-order chi connectivity index (χ0) is 19.6. The Morgan fingerprint density at radius 1 is 1.30 bits per heavy atom. The van der Waals surface area contributed by atoms with Crippen LogP contribution in [0.25, 0.3) is 0 Å². The lowest BCUT2D eigenvalue weighted by Gasteiger charge is -2.18. The molecule has 27 heavy (non-hydrogen) atoms. The van der Waals surface area contributed by atoms with Crippen molar-refractivity contribution in [3.8, 4) is 0 Å². The fourth-order valence-corrected chi connectivity index (χ4v) is 4.73. The Morgan fingerprint density at radius 2 is 2.00 bits per heavy atom. The third-order valence-electron chi connectivity index (χ3n) is 4.99. The molecule has 0 bridgehead atoms. The molecule has 0 aliphatic heterocycles. The van der Waals surface area contributed by atoms with Gasteiger partial charge in [0.05, 0.1) is 17.1 Å². The molecule has 1 amide bonds. The first-order valence-corrected chi connectivity index (χ1v) is 10.6. The van der Waals surface area contributed by atoms with Crippen molar-refractivity contribution in [3.63, 3.8) is 0 Å². The summed E-state index contributed by atoms with van der Waals surface area (Å²) in [7, 11) is -1.96. The first-order valence-electron chi connectivity index (χ1n) is 9.07. The number of carbonyl (C=O) groups is 1. The molecule has 8 heteroatoms. The summed E-state index contributed by atoms with van der Waals surface area (Å²) in [4.78, 5) is 14.4. The highest BCUT2D eigenvalue weighted by Gasteiger charge is 2.24. The topological polar surface area (TPSA) is 92.5 Å². The highest BCUT2D eigenvalue weighted by atomic mass is 32.2. The predicted octanol–water partition coefficient (Wildman–Crippen LogP) is 2.78. The van der Waals surface area contributed by atoms with Crippen LogP contribution in [0.2, 0.25) is 0 Å². The highest BCUT2D eigenvalue weighted by Crippen LogP contribution is 2.21. The third kappa shape index (κ3) is 4.39. The SMILES string of the molecule is Cc1noc(C)c1CN(C)C(=O)c1cccc(S(=O)(=O)NC2CCCC2)c1. The number of aryl methyl sites for hydroxylation is 2. The second-order valence-corrected chi connectivity index (χ2v) is 8.81. The Kier molecular flexibility index (Phi) is 5.67. The molecular weight excluding hydrogens is 366 g/mol. The van der Waals surface area contributed by atoms with E-state index >= 15 is 0 Å². The Hall–Kier alpha value is -2.19. The Morgan fingerprint density at radius 3 is 2.63 bits per heavy atom. The summed E-state index contributed by atoms with van der Waals surface area (Å²) in [5, 5.41) is 3.90. The minimum Gasteiger partial charge on any atom is -0.361 e. The largest absolute Gasteiger partial charge is 0.361 e. The van der Waals surface area contributed by atoms with Crippen LogP contribution in [0, 0.1) is 13.8 Å². The van der Waals surface area contributed by atoms with Crippen LogP contribution in [0.3, 0.4) is 0 Å². The maximum Gasteiger partial charge on any atom is 0.253 e. The molecule has 2 aromatic rings. The number of carbonyl (C=O) groups excluding carboxylic acids is 1. The van der Waals surface area contributed by atoms with Crippen molar-refractivity contribution in [2.45, 2.75) is 57.0 Å². The first kappa shape index (κ1) is 19.6. The lowest BCUT2D eigenvalue weighted by atomic mass is 10.1. The van der Waals surface area contributed by atoms with Crippen molar-refractivity contribution in [2.24, 2.45) is 0 Å². The van der Waals surface area contributed by atoms with E-state index in [9.17, 15) is 13.2 Å². The Labute approximate surface area is 159 Å². The molecule has 0 saturated heterocycles. The van der Waals surface area contributed by atoms with Gasteiger partial charge in [-0.25, -0.2) is 13.1 Å². The van der Waals surface area contributed by atoms with Crippen molar-refractivity contribution in [2.75, 3.05) is 7.05 Å². The number of nitrogens with one attached hydrogen (secondary N) is 1. The zero-order valence-corrected chi connectivity index (χ0v) is 16.7. The minimum atomic E-state index is -3.63. The molecule has 0 atom stereocenters. The molecule has 1 aromatic carbocycles. The van der Waals surface area contributed by atoms with E-state index < -0.39 is 10.0 Å². The predicted molar refractivity (Wildman–Crippen MR) is 101 cm³/mol. The average Bonchev–Trinajstić information content (AvgIpc) is 3.25. The molecule has 0 unspecified atom stereocenters. The Bertz CT molecular complexity index is 911. The summed E-state index contributed by atoms with van der Waals surface area (Å²) in [6.45, 7) is 3.97. The molecule has 3 rings (SSSR count). The van der Waals surface area contributed by atoms with Crippen molar-refractivity contribution in [1.29, 1.82) is 0 Å². The summed E-state index contributed by atoms with van der Waals surface area (Å²) in [5.74, 6) is 0.414. The maximum atomic E-state index is 12.8. The smallest absolute Gasteiger partial charge is 0.253 e. The number of benzene rings is 1. The van der Waals surface area contributed by atoms with Crippen LogP contribution in [0.5, 0.6) is 0 Å². The molecule has 1 aliphatic rings. The van der Waals surface area contributed by atoms with Crippen LogP contribution in [0.1, 0.15) is 53.1 Å². The van der Waals surface area contributed by atoms with Gasteiger partial charge in [0.15, 0.2) is 0 Å². The van der Waals surface area contributed by atoms with Crippen molar-refractivity contribution in [3.05, 3.63) is 46.8 Å². The summed E-state index contributed by atoms with van der Waals surface area (Å²) >= 11 is 0. The van der Waals surface area contributed by atoms with Crippen LogP contribution < -0.4 is 4.72 Å². The molecule has 1 aliphatic carbocycles. The summed E-state index contributed by atoms with van der Waals surface area (Å²) in [5.41, 5.74) is 1.93. The molecular formula is C19H25N3O4S. The van der Waals surface area contributed by atoms with Crippen LogP contribution in [-0.2, 0) is 16.6 Å².